The Kier molecular flexibility index (Phi) is 3.85. The Hall–Kier alpha value is -1.99. The number of amides is 1. The van der Waals surface area contributed by atoms with Crippen molar-refractivity contribution in [2.24, 2.45) is 5.84 Å². The van der Waals surface area contributed by atoms with Gasteiger partial charge in [-0.15, -0.1) is 11.3 Å². The van der Waals surface area contributed by atoms with E-state index in [4.69, 9.17) is 5.84 Å². The van der Waals surface area contributed by atoms with Gasteiger partial charge in [-0.2, -0.15) is 0 Å². The van der Waals surface area contributed by atoms with Crippen molar-refractivity contribution in [3.05, 3.63) is 40.1 Å². The van der Waals surface area contributed by atoms with E-state index >= 15 is 0 Å². The van der Waals surface area contributed by atoms with Gasteiger partial charge in [-0.1, -0.05) is 0 Å². The number of carbonyl (C=O) groups excluding carboxylic acids is 1. The number of pyridine rings is 1. The Morgan fingerprint density at radius 3 is 2.83 bits per heavy atom. The third kappa shape index (κ3) is 2.82. The number of hydrogen-bond acceptors (Lipinski definition) is 6. The second-order valence-electron chi connectivity index (χ2n) is 3.62. The molecule has 0 aliphatic heterocycles. The summed E-state index contributed by atoms with van der Waals surface area (Å²) in [5, 5.41) is 2.80. The van der Waals surface area contributed by atoms with E-state index in [-0.39, 0.29) is 5.91 Å². The van der Waals surface area contributed by atoms with Crippen molar-refractivity contribution in [3.8, 4) is 0 Å². The van der Waals surface area contributed by atoms with Gasteiger partial charge in [-0.25, -0.2) is 9.97 Å². The van der Waals surface area contributed by atoms with Crippen LogP contribution in [0.3, 0.4) is 0 Å². The smallest absolute Gasteiger partial charge is 0.270 e. The molecule has 2 rings (SSSR count). The zero-order valence-electron chi connectivity index (χ0n) is 9.80. The summed E-state index contributed by atoms with van der Waals surface area (Å²) < 4.78 is 0. The molecule has 2 aromatic rings. The zero-order chi connectivity index (χ0) is 13.0. The zero-order valence-corrected chi connectivity index (χ0v) is 10.6. The second-order valence-corrected chi connectivity index (χ2v) is 4.56. The molecule has 0 aromatic carbocycles. The van der Waals surface area contributed by atoms with Gasteiger partial charge < -0.3 is 10.7 Å². The van der Waals surface area contributed by atoms with E-state index in [1.54, 1.807) is 17.6 Å². The van der Waals surface area contributed by atoms with E-state index in [9.17, 15) is 4.79 Å². The molecule has 7 heteroatoms. The number of nitrogens with one attached hydrogen (secondary N) is 2. The first-order valence-corrected chi connectivity index (χ1v) is 6.18. The minimum atomic E-state index is -0.216. The summed E-state index contributed by atoms with van der Waals surface area (Å²) >= 11 is 1.52. The predicted molar refractivity (Wildman–Crippen MR) is 70.1 cm³/mol. The summed E-state index contributed by atoms with van der Waals surface area (Å²) in [6.45, 7) is 2.38. The number of nitrogen functional groups attached to an aromatic ring is 1. The standard InChI is InChI=1S/C11H13N5OS/c1-7-10(18-6-15-7)5-14-11(17)9-3-2-8(16-12)4-13-9/h2-4,6,16H,5,12H2,1H3,(H,14,17). The fourth-order valence-electron chi connectivity index (χ4n) is 1.36. The molecule has 0 radical (unpaired) electrons. The van der Waals surface area contributed by atoms with Crippen molar-refractivity contribution in [2.45, 2.75) is 13.5 Å². The molecule has 0 saturated carbocycles. The number of aryl methyl sites for hydroxylation is 1. The highest BCUT2D eigenvalue weighted by atomic mass is 32.1. The van der Waals surface area contributed by atoms with Gasteiger partial charge in [0.15, 0.2) is 0 Å². The van der Waals surface area contributed by atoms with Crippen molar-refractivity contribution in [1.29, 1.82) is 0 Å². The number of aromatic nitrogens is 2. The van der Waals surface area contributed by atoms with Crippen LogP contribution in [0.25, 0.3) is 0 Å². The van der Waals surface area contributed by atoms with Crippen molar-refractivity contribution in [1.82, 2.24) is 15.3 Å². The van der Waals surface area contributed by atoms with Crippen molar-refractivity contribution in [3.63, 3.8) is 0 Å². The van der Waals surface area contributed by atoms with Crippen LogP contribution in [-0.2, 0) is 6.54 Å². The number of nitrogens with two attached hydrogens (primary N) is 1. The van der Waals surface area contributed by atoms with Crippen molar-refractivity contribution < 1.29 is 4.79 Å². The SMILES string of the molecule is Cc1ncsc1CNC(=O)c1ccc(NN)cn1. The molecule has 0 saturated heterocycles. The fraction of sp³-hybridized carbons (Fsp3) is 0.182. The van der Waals surface area contributed by atoms with Crippen LogP contribution in [-0.4, -0.2) is 15.9 Å². The number of hydrogen-bond donors (Lipinski definition) is 3. The molecule has 6 nitrogen and oxygen atoms in total. The van der Waals surface area contributed by atoms with Gasteiger partial charge in [0.05, 0.1) is 29.6 Å². The Morgan fingerprint density at radius 1 is 1.44 bits per heavy atom. The molecule has 2 aromatic heterocycles. The van der Waals surface area contributed by atoms with Crippen LogP contribution in [0.15, 0.2) is 23.8 Å². The highest BCUT2D eigenvalue weighted by molar-refractivity contribution is 7.09. The summed E-state index contributed by atoms with van der Waals surface area (Å²) in [6.07, 6.45) is 1.51. The van der Waals surface area contributed by atoms with Crippen molar-refractivity contribution in [2.75, 3.05) is 5.43 Å². The molecule has 0 unspecified atom stereocenters. The third-order valence-electron chi connectivity index (χ3n) is 2.42. The molecule has 4 N–H and O–H groups in total. The number of thiazole rings is 1. The maximum atomic E-state index is 11.8. The van der Waals surface area contributed by atoms with Crippen LogP contribution in [0.2, 0.25) is 0 Å². The van der Waals surface area contributed by atoms with Gasteiger partial charge in [0.25, 0.3) is 5.91 Å². The molecule has 0 aliphatic carbocycles. The van der Waals surface area contributed by atoms with Gasteiger partial charge in [0, 0.05) is 4.88 Å². The fourth-order valence-corrected chi connectivity index (χ4v) is 2.08. The first-order valence-electron chi connectivity index (χ1n) is 5.30. The summed E-state index contributed by atoms with van der Waals surface area (Å²) in [4.78, 5) is 21.0. The molecule has 0 bridgehead atoms. The Balaban J connectivity index is 1.97. The van der Waals surface area contributed by atoms with Crippen LogP contribution in [0.1, 0.15) is 21.1 Å². The highest BCUT2D eigenvalue weighted by Crippen LogP contribution is 2.11. The van der Waals surface area contributed by atoms with E-state index in [1.165, 1.54) is 17.5 Å². The lowest BCUT2D eigenvalue weighted by Gasteiger charge is -2.04. The molecule has 1 amide bonds. The first kappa shape index (κ1) is 12.5. The average Bonchev–Trinajstić information content (AvgIpc) is 2.81. The molecule has 0 spiro atoms. The van der Waals surface area contributed by atoms with Crippen LogP contribution in [0.5, 0.6) is 0 Å². The minimum absolute atomic E-state index is 0.216. The number of hydrazine groups is 1. The van der Waals surface area contributed by atoms with E-state index in [1.807, 2.05) is 6.92 Å². The lowest BCUT2D eigenvalue weighted by Crippen LogP contribution is -2.23. The monoisotopic (exact) mass is 263 g/mol. The summed E-state index contributed by atoms with van der Waals surface area (Å²) in [5.41, 5.74) is 6.17. The van der Waals surface area contributed by atoms with Gasteiger partial charge in [-0.05, 0) is 19.1 Å². The highest BCUT2D eigenvalue weighted by Gasteiger charge is 2.08. The molecule has 0 fully saturated rings. The predicted octanol–water partition coefficient (Wildman–Crippen LogP) is 1.06. The maximum absolute atomic E-state index is 11.8. The number of rotatable bonds is 4. The van der Waals surface area contributed by atoms with Gasteiger partial charge in [0.1, 0.15) is 5.69 Å². The Labute approximate surface area is 108 Å². The van der Waals surface area contributed by atoms with E-state index < -0.39 is 0 Å². The Bertz CT molecular complexity index is 537. The molecule has 94 valence electrons. The summed E-state index contributed by atoms with van der Waals surface area (Å²) in [6, 6.07) is 3.31. The molecule has 18 heavy (non-hydrogen) atoms. The van der Waals surface area contributed by atoms with Crippen LogP contribution in [0, 0.1) is 6.92 Å². The Morgan fingerprint density at radius 2 is 2.28 bits per heavy atom. The molecular weight excluding hydrogens is 250 g/mol. The van der Waals surface area contributed by atoms with E-state index in [2.05, 4.69) is 20.7 Å². The van der Waals surface area contributed by atoms with Gasteiger partial charge >= 0.3 is 0 Å². The normalized spacial score (nSPS) is 10.1. The largest absolute Gasteiger partial charge is 0.346 e. The maximum Gasteiger partial charge on any atom is 0.270 e. The third-order valence-corrected chi connectivity index (χ3v) is 3.35. The quantitative estimate of drug-likeness (QED) is 0.566. The van der Waals surface area contributed by atoms with E-state index in [0.29, 0.717) is 17.9 Å². The van der Waals surface area contributed by atoms with Crippen LogP contribution >= 0.6 is 11.3 Å². The lowest BCUT2D eigenvalue weighted by molar-refractivity contribution is 0.0946. The summed E-state index contributed by atoms with van der Waals surface area (Å²) in [7, 11) is 0. The van der Waals surface area contributed by atoms with Crippen LogP contribution in [0.4, 0.5) is 5.69 Å². The average molecular weight is 263 g/mol. The number of nitrogens with zero attached hydrogens (tertiary/aromatic N) is 2. The van der Waals surface area contributed by atoms with Crippen molar-refractivity contribution >= 4 is 22.9 Å². The van der Waals surface area contributed by atoms with Gasteiger partial charge in [-0.3, -0.25) is 10.6 Å². The minimum Gasteiger partial charge on any atom is -0.346 e. The summed E-state index contributed by atoms with van der Waals surface area (Å²) in [5.74, 6) is 5.00. The second kappa shape index (κ2) is 5.56. The number of carbonyl (C=O) groups is 1. The topological polar surface area (TPSA) is 92.9 Å². The number of anilines is 1. The lowest BCUT2D eigenvalue weighted by atomic mass is 10.3. The molecule has 0 atom stereocenters. The van der Waals surface area contributed by atoms with Crippen LogP contribution < -0.4 is 16.6 Å². The first-order chi connectivity index (χ1) is 8.70. The van der Waals surface area contributed by atoms with Gasteiger partial charge in [0.2, 0.25) is 0 Å². The van der Waals surface area contributed by atoms with E-state index in [0.717, 1.165) is 10.6 Å². The molecule has 2 heterocycles. The molecule has 0 aliphatic rings. The molecular formula is C11H13N5OS.